The highest BCUT2D eigenvalue weighted by molar-refractivity contribution is 7.89. The van der Waals surface area contributed by atoms with E-state index in [4.69, 9.17) is 10.5 Å². The number of rotatable bonds is 2. The molecule has 7 nitrogen and oxygen atoms in total. The SMILES string of the molecule is CS(=O)(=O)n1cc2c(n1)CN(C1OCCCC1N)C2. The standard InChI is InChI=1S/C11H18N4O3S/c1-19(16,17)15-6-8-5-14(7-10(8)13-15)11-9(12)3-2-4-18-11/h6,9,11H,2-5,7,12H2,1H3. The molecular weight excluding hydrogens is 268 g/mol. The average Bonchev–Trinajstić information content (AvgIpc) is 2.86. The van der Waals surface area contributed by atoms with Crippen LogP contribution in [0.4, 0.5) is 0 Å². The van der Waals surface area contributed by atoms with Crippen LogP contribution in [-0.4, -0.2) is 47.6 Å². The number of nitrogens with zero attached hydrogens (tertiary/aromatic N) is 3. The van der Waals surface area contributed by atoms with Crippen molar-refractivity contribution in [1.29, 1.82) is 0 Å². The fourth-order valence-corrected chi connectivity index (χ4v) is 3.23. The molecule has 106 valence electrons. The number of hydrogen-bond acceptors (Lipinski definition) is 6. The second-order valence-corrected chi connectivity index (χ2v) is 7.05. The van der Waals surface area contributed by atoms with Gasteiger partial charge in [0.25, 0.3) is 10.0 Å². The van der Waals surface area contributed by atoms with Crippen molar-refractivity contribution in [2.75, 3.05) is 12.9 Å². The molecule has 0 amide bonds. The maximum absolute atomic E-state index is 11.4. The van der Waals surface area contributed by atoms with Gasteiger partial charge in [-0.05, 0) is 12.8 Å². The Hall–Kier alpha value is -0.960. The maximum atomic E-state index is 11.4. The Labute approximate surface area is 112 Å². The Balaban J connectivity index is 1.76. The zero-order chi connectivity index (χ0) is 13.6. The summed E-state index contributed by atoms with van der Waals surface area (Å²) >= 11 is 0. The molecule has 1 aromatic heterocycles. The van der Waals surface area contributed by atoms with Gasteiger partial charge in [0.05, 0.1) is 11.9 Å². The van der Waals surface area contributed by atoms with Crippen molar-refractivity contribution in [2.45, 2.75) is 38.2 Å². The van der Waals surface area contributed by atoms with Gasteiger partial charge in [0.2, 0.25) is 0 Å². The highest BCUT2D eigenvalue weighted by atomic mass is 32.2. The van der Waals surface area contributed by atoms with Crippen molar-refractivity contribution in [3.8, 4) is 0 Å². The Morgan fingerprint density at radius 1 is 1.47 bits per heavy atom. The quantitative estimate of drug-likeness (QED) is 0.786. The molecule has 19 heavy (non-hydrogen) atoms. The highest BCUT2D eigenvalue weighted by Gasteiger charge is 2.34. The molecule has 2 aliphatic heterocycles. The van der Waals surface area contributed by atoms with Gasteiger partial charge in [0.1, 0.15) is 6.23 Å². The number of ether oxygens (including phenoxy) is 1. The molecule has 0 aromatic carbocycles. The predicted molar refractivity (Wildman–Crippen MR) is 68.7 cm³/mol. The van der Waals surface area contributed by atoms with Crippen LogP contribution >= 0.6 is 0 Å². The number of hydrogen-bond donors (Lipinski definition) is 1. The van der Waals surface area contributed by atoms with Crippen LogP contribution in [0.1, 0.15) is 24.1 Å². The lowest BCUT2D eigenvalue weighted by Crippen LogP contribution is -2.50. The van der Waals surface area contributed by atoms with Crippen molar-refractivity contribution in [2.24, 2.45) is 5.73 Å². The molecule has 0 aliphatic carbocycles. The molecule has 2 atom stereocenters. The first kappa shape index (κ1) is 13.0. The summed E-state index contributed by atoms with van der Waals surface area (Å²) in [5.41, 5.74) is 7.81. The predicted octanol–water partition coefficient (Wildman–Crippen LogP) is -0.530. The largest absolute Gasteiger partial charge is 0.361 e. The molecule has 2 N–H and O–H groups in total. The van der Waals surface area contributed by atoms with Gasteiger partial charge in [-0.25, -0.2) is 8.42 Å². The fourth-order valence-electron chi connectivity index (χ4n) is 2.67. The number of nitrogens with two attached hydrogens (primary N) is 1. The van der Waals surface area contributed by atoms with E-state index in [-0.39, 0.29) is 12.3 Å². The van der Waals surface area contributed by atoms with Crippen LogP contribution in [0.25, 0.3) is 0 Å². The lowest BCUT2D eigenvalue weighted by atomic mass is 10.1. The minimum atomic E-state index is -3.30. The summed E-state index contributed by atoms with van der Waals surface area (Å²) in [5.74, 6) is 0. The Morgan fingerprint density at radius 3 is 2.89 bits per heavy atom. The van der Waals surface area contributed by atoms with E-state index in [1.807, 2.05) is 0 Å². The zero-order valence-electron chi connectivity index (χ0n) is 10.8. The van der Waals surface area contributed by atoms with Crippen LogP contribution < -0.4 is 5.73 Å². The first-order chi connectivity index (χ1) is 8.95. The first-order valence-corrected chi connectivity index (χ1v) is 8.19. The Bertz CT molecular complexity index is 559. The third kappa shape index (κ3) is 2.40. The van der Waals surface area contributed by atoms with E-state index in [1.165, 1.54) is 0 Å². The summed E-state index contributed by atoms with van der Waals surface area (Å²) in [6, 6.07) is 0.0137. The molecule has 2 unspecified atom stereocenters. The van der Waals surface area contributed by atoms with Gasteiger partial charge in [-0.3, -0.25) is 4.90 Å². The summed E-state index contributed by atoms with van der Waals surface area (Å²) in [4.78, 5) is 2.12. The van der Waals surface area contributed by atoms with Crippen molar-refractivity contribution >= 4 is 10.0 Å². The van der Waals surface area contributed by atoms with Crippen LogP contribution in [0.3, 0.4) is 0 Å². The average molecular weight is 286 g/mol. The second kappa shape index (κ2) is 4.55. The third-order valence-electron chi connectivity index (χ3n) is 3.62. The smallest absolute Gasteiger partial charge is 0.250 e. The van der Waals surface area contributed by atoms with E-state index in [2.05, 4.69) is 10.00 Å². The molecule has 1 saturated heterocycles. The van der Waals surface area contributed by atoms with Gasteiger partial charge in [-0.1, -0.05) is 0 Å². The molecule has 3 heterocycles. The molecule has 0 saturated carbocycles. The van der Waals surface area contributed by atoms with Gasteiger partial charge in [0, 0.05) is 37.5 Å². The topological polar surface area (TPSA) is 90.5 Å². The third-order valence-corrected chi connectivity index (χ3v) is 4.49. The monoisotopic (exact) mass is 286 g/mol. The van der Waals surface area contributed by atoms with Gasteiger partial charge in [0.15, 0.2) is 0 Å². The molecule has 0 radical (unpaired) electrons. The molecular formula is C11H18N4O3S. The van der Waals surface area contributed by atoms with Crippen LogP contribution in [0.5, 0.6) is 0 Å². The van der Waals surface area contributed by atoms with E-state index in [0.29, 0.717) is 13.1 Å². The van der Waals surface area contributed by atoms with Crippen molar-refractivity contribution in [1.82, 2.24) is 14.1 Å². The van der Waals surface area contributed by atoms with Crippen LogP contribution in [0.2, 0.25) is 0 Å². The molecule has 2 aliphatic rings. The van der Waals surface area contributed by atoms with Gasteiger partial charge in [-0.15, -0.1) is 0 Å². The van der Waals surface area contributed by atoms with E-state index in [1.54, 1.807) is 6.20 Å². The van der Waals surface area contributed by atoms with E-state index in [0.717, 1.165) is 41.0 Å². The first-order valence-electron chi connectivity index (χ1n) is 6.34. The molecule has 0 bridgehead atoms. The number of fused-ring (bicyclic) bond motifs is 1. The van der Waals surface area contributed by atoms with Crippen molar-refractivity contribution in [3.05, 3.63) is 17.5 Å². The lowest BCUT2D eigenvalue weighted by Gasteiger charge is -2.35. The minimum absolute atomic E-state index is 0.0137. The van der Waals surface area contributed by atoms with Crippen molar-refractivity contribution in [3.63, 3.8) is 0 Å². The van der Waals surface area contributed by atoms with E-state index < -0.39 is 10.0 Å². The summed E-state index contributed by atoms with van der Waals surface area (Å²) in [6.07, 6.45) is 4.60. The fraction of sp³-hybridized carbons (Fsp3) is 0.727. The van der Waals surface area contributed by atoms with Crippen LogP contribution in [0.15, 0.2) is 6.20 Å². The maximum Gasteiger partial charge on any atom is 0.250 e. The summed E-state index contributed by atoms with van der Waals surface area (Å²) in [6.45, 7) is 1.97. The lowest BCUT2D eigenvalue weighted by molar-refractivity contribution is -0.101. The summed E-state index contributed by atoms with van der Waals surface area (Å²) in [7, 11) is -3.30. The molecule has 0 spiro atoms. The van der Waals surface area contributed by atoms with Crippen LogP contribution in [-0.2, 0) is 27.8 Å². The van der Waals surface area contributed by atoms with Gasteiger partial charge in [-0.2, -0.15) is 9.19 Å². The second-order valence-electron chi connectivity index (χ2n) is 5.21. The minimum Gasteiger partial charge on any atom is -0.361 e. The normalized spacial score (nSPS) is 28.5. The Morgan fingerprint density at radius 2 is 2.26 bits per heavy atom. The molecule has 1 fully saturated rings. The molecule has 8 heteroatoms. The van der Waals surface area contributed by atoms with Crippen LogP contribution in [0, 0.1) is 0 Å². The molecule has 1 aromatic rings. The van der Waals surface area contributed by atoms with Crippen molar-refractivity contribution < 1.29 is 13.2 Å². The summed E-state index contributed by atoms with van der Waals surface area (Å²) < 4.78 is 29.6. The van der Waals surface area contributed by atoms with E-state index >= 15 is 0 Å². The highest BCUT2D eigenvalue weighted by Crippen LogP contribution is 2.27. The van der Waals surface area contributed by atoms with Gasteiger partial charge >= 0.3 is 0 Å². The molecule has 3 rings (SSSR count). The van der Waals surface area contributed by atoms with Gasteiger partial charge < -0.3 is 10.5 Å². The number of aromatic nitrogens is 2. The Kier molecular flexibility index (Phi) is 3.12. The zero-order valence-corrected chi connectivity index (χ0v) is 11.6. The van der Waals surface area contributed by atoms with E-state index in [9.17, 15) is 8.42 Å². The summed E-state index contributed by atoms with van der Waals surface area (Å²) in [5, 5.41) is 4.12.